The molecule has 0 spiro atoms. The first-order chi connectivity index (χ1) is 10.0. The summed E-state index contributed by atoms with van der Waals surface area (Å²) >= 11 is 0. The van der Waals surface area contributed by atoms with Gasteiger partial charge in [-0.3, -0.25) is 19.8 Å². The van der Waals surface area contributed by atoms with Crippen molar-refractivity contribution in [1.29, 1.82) is 0 Å². The highest BCUT2D eigenvalue weighted by Crippen LogP contribution is 2.12. The van der Waals surface area contributed by atoms with Crippen LogP contribution in [-0.4, -0.2) is 22.4 Å². The molecule has 0 aliphatic heterocycles. The maximum atomic E-state index is 11.5. The molecule has 1 heterocycles. The number of nitrogens with zero attached hydrogens (tertiary/aromatic N) is 2. The number of aromatic nitrogens is 2. The lowest BCUT2D eigenvalue weighted by Gasteiger charge is -2.07. The number of H-pyrrole nitrogens is 1. The first-order valence-corrected chi connectivity index (χ1v) is 6.26. The molecule has 1 aromatic carbocycles. The number of hydrogen-bond acceptors (Lipinski definition) is 5. The number of hydrogen-bond donors (Lipinski definition) is 2. The van der Waals surface area contributed by atoms with Gasteiger partial charge < -0.3 is 4.74 Å². The minimum atomic E-state index is -0.498. The Labute approximate surface area is 120 Å². The average Bonchev–Trinajstić information content (AvgIpc) is 2.49. The molecule has 7 heteroatoms. The van der Waals surface area contributed by atoms with Crippen molar-refractivity contribution in [3.05, 3.63) is 56.7 Å². The van der Waals surface area contributed by atoms with Crippen LogP contribution in [0.1, 0.15) is 12.5 Å². The molecule has 7 nitrogen and oxygen atoms in total. The predicted octanol–water partition coefficient (Wildman–Crippen LogP) is 0.918. The molecule has 0 saturated carbocycles. The van der Waals surface area contributed by atoms with E-state index in [9.17, 15) is 9.59 Å². The number of aromatic amines is 1. The van der Waals surface area contributed by atoms with Crippen LogP contribution in [-0.2, 0) is 7.05 Å². The van der Waals surface area contributed by atoms with E-state index >= 15 is 0 Å². The summed E-state index contributed by atoms with van der Waals surface area (Å²) in [5, 5.41) is 4.18. The number of methoxy groups -OCH3 is 1. The van der Waals surface area contributed by atoms with Crippen molar-refractivity contribution in [2.24, 2.45) is 12.1 Å². The van der Waals surface area contributed by atoms with Gasteiger partial charge in [0.2, 0.25) is 0 Å². The molecule has 2 aromatic rings. The Kier molecular flexibility index (Phi) is 4.22. The first kappa shape index (κ1) is 14.6. The Bertz CT molecular complexity index is 772. The molecule has 2 rings (SSSR count). The van der Waals surface area contributed by atoms with Crippen molar-refractivity contribution in [3.63, 3.8) is 0 Å². The van der Waals surface area contributed by atoms with Crippen molar-refractivity contribution in [2.75, 3.05) is 12.5 Å². The van der Waals surface area contributed by atoms with Gasteiger partial charge in [-0.15, -0.1) is 0 Å². The van der Waals surface area contributed by atoms with E-state index in [0.717, 1.165) is 11.3 Å². The SMILES string of the molecule is COc1ccc(C(C)=NNc2cc(=O)[nH]c(=O)n2C)cc1. The summed E-state index contributed by atoms with van der Waals surface area (Å²) < 4.78 is 6.36. The lowest BCUT2D eigenvalue weighted by molar-refractivity contribution is 0.415. The summed E-state index contributed by atoms with van der Waals surface area (Å²) in [5.74, 6) is 1.08. The van der Waals surface area contributed by atoms with Crippen LogP contribution in [0.4, 0.5) is 5.82 Å². The third kappa shape index (κ3) is 3.38. The van der Waals surface area contributed by atoms with Crippen LogP contribution in [0, 0.1) is 0 Å². The largest absolute Gasteiger partial charge is 0.497 e. The molecule has 0 radical (unpaired) electrons. The van der Waals surface area contributed by atoms with Crippen molar-refractivity contribution >= 4 is 11.5 Å². The fourth-order valence-electron chi connectivity index (χ4n) is 1.70. The fraction of sp³-hybridized carbons (Fsp3) is 0.214. The highest BCUT2D eigenvalue weighted by molar-refractivity contribution is 5.99. The zero-order chi connectivity index (χ0) is 15.4. The number of nitrogens with one attached hydrogen (secondary N) is 2. The van der Waals surface area contributed by atoms with Gasteiger partial charge in [0.05, 0.1) is 12.8 Å². The second kappa shape index (κ2) is 6.08. The third-order valence-corrected chi connectivity index (χ3v) is 3.01. The molecule has 0 aliphatic carbocycles. The highest BCUT2D eigenvalue weighted by Gasteiger charge is 2.02. The van der Waals surface area contributed by atoms with Gasteiger partial charge in [0.1, 0.15) is 11.6 Å². The summed E-state index contributed by atoms with van der Waals surface area (Å²) in [4.78, 5) is 24.9. The monoisotopic (exact) mass is 288 g/mol. The lowest BCUT2D eigenvalue weighted by atomic mass is 10.1. The summed E-state index contributed by atoms with van der Waals surface area (Å²) in [6, 6.07) is 8.67. The molecular formula is C14H16N4O3. The Balaban J connectivity index is 2.24. The Morgan fingerprint density at radius 3 is 2.57 bits per heavy atom. The van der Waals surface area contributed by atoms with Crippen molar-refractivity contribution in [2.45, 2.75) is 6.92 Å². The van der Waals surface area contributed by atoms with Gasteiger partial charge in [0, 0.05) is 13.1 Å². The molecule has 21 heavy (non-hydrogen) atoms. The van der Waals surface area contributed by atoms with Crippen LogP contribution >= 0.6 is 0 Å². The molecule has 0 fully saturated rings. The number of hydrazone groups is 1. The zero-order valence-electron chi connectivity index (χ0n) is 12.0. The topological polar surface area (TPSA) is 88.5 Å². The lowest BCUT2D eigenvalue weighted by Crippen LogP contribution is -2.29. The smallest absolute Gasteiger partial charge is 0.329 e. The van der Waals surface area contributed by atoms with Crippen LogP contribution in [0.5, 0.6) is 5.75 Å². The molecule has 0 bridgehead atoms. The summed E-state index contributed by atoms with van der Waals surface area (Å²) in [6.45, 7) is 1.82. The normalized spacial score (nSPS) is 11.3. The van der Waals surface area contributed by atoms with Crippen LogP contribution in [0.25, 0.3) is 0 Å². The number of rotatable bonds is 4. The second-order valence-corrected chi connectivity index (χ2v) is 4.42. The Morgan fingerprint density at radius 1 is 1.29 bits per heavy atom. The van der Waals surface area contributed by atoms with Crippen molar-refractivity contribution in [3.8, 4) is 5.75 Å². The van der Waals surface area contributed by atoms with E-state index in [1.165, 1.54) is 10.6 Å². The minimum absolute atomic E-state index is 0.316. The van der Waals surface area contributed by atoms with Gasteiger partial charge >= 0.3 is 5.69 Å². The Morgan fingerprint density at radius 2 is 1.95 bits per heavy atom. The standard InChI is InChI=1S/C14H16N4O3/c1-9(10-4-6-11(21-3)7-5-10)16-17-12-8-13(19)15-14(20)18(12)2/h4-8,17H,1-3H3,(H,15,19,20). The summed E-state index contributed by atoms with van der Waals surface area (Å²) in [7, 11) is 3.14. The number of benzene rings is 1. The third-order valence-electron chi connectivity index (χ3n) is 3.01. The van der Waals surface area contributed by atoms with E-state index in [0.29, 0.717) is 11.5 Å². The molecule has 0 unspecified atom stereocenters. The van der Waals surface area contributed by atoms with Gasteiger partial charge in [-0.2, -0.15) is 5.10 Å². The molecule has 0 amide bonds. The van der Waals surface area contributed by atoms with E-state index in [1.807, 2.05) is 31.2 Å². The van der Waals surface area contributed by atoms with Crippen LogP contribution in [0.15, 0.2) is 45.0 Å². The molecule has 110 valence electrons. The second-order valence-electron chi connectivity index (χ2n) is 4.42. The Hall–Kier alpha value is -2.83. The number of ether oxygens (including phenoxy) is 1. The molecule has 1 aromatic heterocycles. The van der Waals surface area contributed by atoms with Gasteiger partial charge in [0.25, 0.3) is 5.56 Å². The van der Waals surface area contributed by atoms with E-state index in [4.69, 9.17) is 4.74 Å². The van der Waals surface area contributed by atoms with E-state index < -0.39 is 11.2 Å². The zero-order valence-corrected chi connectivity index (χ0v) is 12.0. The molecule has 2 N–H and O–H groups in total. The molecule has 0 saturated heterocycles. The van der Waals surface area contributed by atoms with Gasteiger partial charge in [-0.25, -0.2) is 4.79 Å². The molecule has 0 aliphatic rings. The van der Waals surface area contributed by atoms with Crippen LogP contribution in [0.2, 0.25) is 0 Å². The van der Waals surface area contributed by atoms with Crippen LogP contribution < -0.4 is 21.4 Å². The highest BCUT2D eigenvalue weighted by atomic mass is 16.5. The molecular weight excluding hydrogens is 272 g/mol. The van der Waals surface area contributed by atoms with E-state index in [1.54, 1.807) is 14.2 Å². The predicted molar refractivity (Wildman–Crippen MR) is 81.1 cm³/mol. The van der Waals surface area contributed by atoms with Crippen molar-refractivity contribution in [1.82, 2.24) is 9.55 Å². The molecule has 0 atom stereocenters. The van der Waals surface area contributed by atoms with Gasteiger partial charge in [-0.05, 0) is 36.8 Å². The minimum Gasteiger partial charge on any atom is -0.497 e. The van der Waals surface area contributed by atoms with Crippen molar-refractivity contribution < 1.29 is 4.74 Å². The average molecular weight is 288 g/mol. The maximum Gasteiger partial charge on any atom is 0.329 e. The van der Waals surface area contributed by atoms with Gasteiger partial charge in [0.15, 0.2) is 0 Å². The quantitative estimate of drug-likeness (QED) is 0.646. The van der Waals surface area contributed by atoms with Crippen LogP contribution in [0.3, 0.4) is 0 Å². The first-order valence-electron chi connectivity index (χ1n) is 6.26. The maximum absolute atomic E-state index is 11.5. The van der Waals surface area contributed by atoms with E-state index in [-0.39, 0.29) is 0 Å². The van der Waals surface area contributed by atoms with E-state index in [2.05, 4.69) is 15.5 Å². The fourth-order valence-corrected chi connectivity index (χ4v) is 1.70. The van der Waals surface area contributed by atoms with Gasteiger partial charge in [-0.1, -0.05) is 0 Å². The number of anilines is 1. The summed E-state index contributed by atoms with van der Waals surface area (Å²) in [5.41, 5.74) is 3.36. The summed E-state index contributed by atoms with van der Waals surface area (Å²) in [6.07, 6.45) is 0.